The van der Waals surface area contributed by atoms with Crippen LogP contribution in [0.25, 0.3) is 27.7 Å². The highest BCUT2D eigenvalue weighted by Gasteiger charge is 2.18. The number of anilines is 1. The predicted molar refractivity (Wildman–Crippen MR) is 160 cm³/mol. The van der Waals surface area contributed by atoms with E-state index >= 15 is 4.39 Å². The van der Waals surface area contributed by atoms with Crippen molar-refractivity contribution in [1.29, 1.82) is 0 Å². The summed E-state index contributed by atoms with van der Waals surface area (Å²) in [7, 11) is -1.85. The quantitative estimate of drug-likeness (QED) is 0.225. The smallest absolute Gasteiger partial charge is 0.284 e. The lowest BCUT2D eigenvalue weighted by molar-refractivity contribution is 0.102. The van der Waals surface area contributed by atoms with Crippen molar-refractivity contribution < 1.29 is 31.3 Å². The lowest BCUT2D eigenvalue weighted by Gasteiger charge is -2.13. The van der Waals surface area contributed by atoms with Crippen LogP contribution in [0.1, 0.15) is 10.4 Å². The molecule has 3 N–H and O–H groups in total. The van der Waals surface area contributed by atoms with E-state index in [2.05, 4.69) is 25.7 Å². The maximum Gasteiger partial charge on any atom is 0.284 e. The predicted octanol–water partition coefficient (Wildman–Crippen LogP) is 4.34. The molecule has 0 radical (unpaired) electrons. The molecule has 0 unspecified atom stereocenters. The molecule has 0 fully saturated rings. The maximum atomic E-state index is 15.2. The van der Waals surface area contributed by atoms with Gasteiger partial charge in [0.2, 0.25) is 0 Å². The van der Waals surface area contributed by atoms with Crippen LogP contribution in [0.4, 0.5) is 14.5 Å². The summed E-state index contributed by atoms with van der Waals surface area (Å²) in [5.74, 6) is -1.67. The minimum atomic E-state index is -3.67. The number of amides is 1. The van der Waals surface area contributed by atoms with Gasteiger partial charge in [-0.05, 0) is 54.6 Å². The zero-order valence-electron chi connectivity index (χ0n) is 23.5. The summed E-state index contributed by atoms with van der Waals surface area (Å²) in [6, 6.07) is 13.9. The number of nitrogens with zero attached hydrogens (tertiary/aromatic N) is 5. The van der Waals surface area contributed by atoms with Crippen LogP contribution < -0.4 is 15.6 Å². The van der Waals surface area contributed by atoms with E-state index in [9.17, 15) is 22.4 Å². The number of ether oxygens (including phenoxy) is 1. The lowest BCUT2D eigenvalue weighted by Crippen LogP contribution is -2.29. The first-order valence-electron chi connectivity index (χ1n) is 12.9. The summed E-state index contributed by atoms with van der Waals surface area (Å²) in [6.45, 7) is 0. The first-order chi connectivity index (χ1) is 21.4. The Labute approximate surface area is 253 Å². The number of rotatable bonds is 6. The maximum absolute atomic E-state index is 15.2. The summed E-state index contributed by atoms with van der Waals surface area (Å²) < 4.78 is 63.0. The molecule has 0 aliphatic heterocycles. The van der Waals surface area contributed by atoms with Gasteiger partial charge < -0.3 is 10.1 Å². The highest BCUT2D eigenvalue weighted by Crippen LogP contribution is 2.37. The minimum Gasteiger partial charge on any atom is -0.454 e. The Morgan fingerprint density at radius 3 is 2.40 bits per heavy atom. The number of halogens is 2. The Kier molecular flexibility index (Phi) is 8.51. The van der Waals surface area contributed by atoms with E-state index in [0.717, 1.165) is 27.2 Å². The van der Waals surface area contributed by atoms with Gasteiger partial charge in [-0.15, -0.1) is 0 Å². The Hall–Kier alpha value is -5.74. The molecule has 1 amide bonds. The van der Waals surface area contributed by atoms with Crippen molar-refractivity contribution in [2.75, 3.05) is 11.6 Å². The first kappa shape index (κ1) is 30.7. The fourth-order valence-corrected chi connectivity index (χ4v) is 4.22. The topological polar surface area (TPSA) is 174 Å². The van der Waals surface area contributed by atoms with E-state index in [4.69, 9.17) is 9.29 Å². The van der Waals surface area contributed by atoms with Crippen molar-refractivity contribution in [1.82, 2.24) is 29.8 Å². The molecule has 3 aromatic heterocycles. The molecule has 0 aliphatic rings. The van der Waals surface area contributed by atoms with Gasteiger partial charge in [-0.3, -0.25) is 23.9 Å². The van der Waals surface area contributed by atoms with Crippen molar-refractivity contribution in [3.05, 3.63) is 113 Å². The molecule has 0 aliphatic carbocycles. The van der Waals surface area contributed by atoms with E-state index in [1.165, 1.54) is 48.7 Å². The average molecular weight is 636 g/mol. The molecule has 0 spiro atoms. The largest absolute Gasteiger partial charge is 0.454 e. The monoisotopic (exact) mass is 635 g/mol. The van der Waals surface area contributed by atoms with E-state index in [1.807, 2.05) is 13.1 Å². The molecule has 13 nitrogen and oxygen atoms in total. The third-order valence-electron chi connectivity index (χ3n) is 6.23. The molecule has 0 saturated heterocycles. The molecule has 16 heteroatoms. The van der Waals surface area contributed by atoms with Crippen LogP contribution in [0.3, 0.4) is 0 Å². The lowest BCUT2D eigenvalue weighted by atomic mass is 10.1. The molecule has 0 atom stereocenters. The number of benzene rings is 3. The van der Waals surface area contributed by atoms with Crippen molar-refractivity contribution in [2.45, 2.75) is 0 Å². The van der Waals surface area contributed by atoms with Crippen LogP contribution in [0.15, 0.2) is 90.2 Å². The van der Waals surface area contributed by atoms with E-state index in [-0.39, 0.29) is 22.7 Å². The second-order valence-electron chi connectivity index (χ2n) is 9.54. The number of carbonyl (C=O) groups is 1. The Bertz CT molecular complexity index is 2170. The molecule has 3 aromatic carbocycles. The van der Waals surface area contributed by atoms with Crippen LogP contribution in [0, 0.1) is 11.6 Å². The summed E-state index contributed by atoms with van der Waals surface area (Å²) >= 11 is 0. The van der Waals surface area contributed by atoms with Gasteiger partial charge in [0, 0.05) is 47.7 Å². The van der Waals surface area contributed by atoms with Gasteiger partial charge in [-0.25, -0.2) is 8.78 Å². The minimum absolute atomic E-state index is 0.0754. The highest BCUT2D eigenvalue weighted by atomic mass is 32.2. The van der Waals surface area contributed by atoms with Gasteiger partial charge in [0.25, 0.3) is 21.6 Å². The molecule has 6 aromatic rings. The number of aromatic amines is 1. The SMILES string of the molecule is CS(=O)(=O)O.Cn1ncc2cc(Oc3ccc(NC(=O)c4ccnn(-c5ccc(F)cc5)c4=O)cc3F)c(-c3cn[nH]c3)cc21. The van der Waals surface area contributed by atoms with Gasteiger partial charge in [0.1, 0.15) is 17.1 Å². The van der Waals surface area contributed by atoms with Crippen molar-refractivity contribution in [3.8, 4) is 28.3 Å². The zero-order valence-corrected chi connectivity index (χ0v) is 24.3. The standard InChI is InChI=1S/C28H19F2N7O3.CH4O3S/c1-36-24-12-22(17-13-31-32-14-17)26(10-16(24)15-34-36)40-25-7-4-19(11-23(25)30)35-27(38)21-8-9-33-37(28(21)39)20-5-2-18(29)3-6-20;1-5(2,3)4/h2-15H,1H3,(H,31,32)(H,35,38);1H3,(H,2,3,4). The van der Waals surface area contributed by atoms with Crippen LogP contribution in [0.5, 0.6) is 11.5 Å². The number of fused-ring (bicyclic) bond motifs is 1. The second-order valence-corrected chi connectivity index (χ2v) is 11.0. The van der Waals surface area contributed by atoms with Crippen molar-refractivity contribution in [3.63, 3.8) is 0 Å². The van der Waals surface area contributed by atoms with Gasteiger partial charge in [-0.1, -0.05) is 0 Å². The number of hydrogen-bond acceptors (Lipinski definition) is 8. The number of aryl methyl sites for hydroxylation is 1. The zero-order chi connectivity index (χ0) is 32.3. The number of carbonyl (C=O) groups excluding carboxylic acids is 1. The molecule has 0 bridgehead atoms. The van der Waals surface area contributed by atoms with Gasteiger partial charge in [-0.2, -0.15) is 28.4 Å². The van der Waals surface area contributed by atoms with E-state index < -0.39 is 33.2 Å². The second kappa shape index (κ2) is 12.5. The van der Waals surface area contributed by atoms with Crippen LogP contribution in [-0.2, 0) is 17.2 Å². The highest BCUT2D eigenvalue weighted by molar-refractivity contribution is 7.85. The molecule has 6 rings (SSSR count). The number of nitrogens with one attached hydrogen (secondary N) is 2. The number of aromatic nitrogens is 6. The van der Waals surface area contributed by atoms with Gasteiger partial charge >= 0.3 is 0 Å². The Morgan fingerprint density at radius 1 is 1.00 bits per heavy atom. The van der Waals surface area contributed by atoms with Crippen LogP contribution in [-0.4, -0.2) is 54.9 Å². The first-order valence-corrected chi connectivity index (χ1v) is 14.7. The molecule has 0 saturated carbocycles. The summed E-state index contributed by atoms with van der Waals surface area (Å²) in [5.41, 5.74) is 1.73. The fraction of sp³-hybridized carbons (Fsp3) is 0.0690. The van der Waals surface area contributed by atoms with Crippen LogP contribution >= 0.6 is 0 Å². The van der Waals surface area contributed by atoms with E-state index in [0.29, 0.717) is 17.6 Å². The summed E-state index contributed by atoms with van der Waals surface area (Å²) in [5, 5.41) is 18.3. The number of H-pyrrole nitrogens is 1. The molecule has 230 valence electrons. The van der Waals surface area contributed by atoms with E-state index in [1.54, 1.807) is 29.3 Å². The molecule has 45 heavy (non-hydrogen) atoms. The van der Waals surface area contributed by atoms with Crippen molar-refractivity contribution in [2.24, 2.45) is 7.05 Å². The molecule has 3 heterocycles. The third-order valence-corrected chi connectivity index (χ3v) is 6.23. The normalized spacial score (nSPS) is 11.1. The number of hydrogen-bond donors (Lipinski definition) is 3. The van der Waals surface area contributed by atoms with Crippen molar-refractivity contribution >= 4 is 32.6 Å². The fourth-order valence-electron chi connectivity index (χ4n) is 4.22. The summed E-state index contributed by atoms with van der Waals surface area (Å²) in [4.78, 5) is 25.8. The Morgan fingerprint density at radius 2 is 1.73 bits per heavy atom. The molecular weight excluding hydrogens is 612 g/mol. The summed E-state index contributed by atoms with van der Waals surface area (Å²) in [6.07, 6.45) is 6.99. The van der Waals surface area contributed by atoms with Crippen LogP contribution in [0.2, 0.25) is 0 Å². The molecular formula is C29H23F2N7O6S. The third kappa shape index (κ3) is 7.26. The van der Waals surface area contributed by atoms with Gasteiger partial charge in [0.15, 0.2) is 11.6 Å². The Balaban J connectivity index is 0.000000743. The van der Waals surface area contributed by atoms with Gasteiger partial charge in [0.05, 0.1) is 29.9 Å². The average Bonchev–Trinajstić information content (AvgIpc) is 3.64.